The Morgan fingerprint density at radius 3 is 2.29 bits per heavy atom. The van der Waals surface area contributed by atoms with Gasteiger partial charge in [0.25, 0.3) is 0 Å². The maximum Gasteiger partial charge on any atom is 0.332 e. The van der Waals surface area contributed by atoms with E-state index in [1.54, 1.807) is 12.1 Å². The first-order valence-electron chi connectivity index (χ1n) is 13.0. The molecule has 0 aromatic heterocycles. The van der Waals surface area contributed by atoms with E-state index < -0.39 is 41.6 Å². The predicted molar refractivity (Wildman–Crippen MR) is 141 cm³/mol. The lowest BCUT2D eigenvalue weighted by molar-refractivity contribution is -0.157. The van der Waals surface area contributed by atoms with Gasteiger partial charge in [0.2, 0.25) is 11.8 Å². The van der Waals surface area contributed by atoms with Gasteiger partial charge in [0.05, 0.1) is 13.1 Å². The van der Waals surface area contributed by atoms with Crippen molar-refractivity contribution in [2.45, 2.75) is 31.7 Å². The zero-order valence-corrected chi connectivity index (χ0v) is 22.1. The van der Waals surface area contributed by atoms with Gasteiger partial charge in [-0.1, -0.05) is 42.5 Å². The molecule has 2 aliphatic rings. The lowest BCUT2D eigenvalue weighted by Gasteiger charge is -2.45. The van der Waals surface area contributed by atoms with Gasteiger partial charge >= 0.3 is 6.03 Å². The highest BCUT2D eigenvalue weighted by atomic mass is 19.2. The quantitative estimate of drug-likeness (QED) is 0.428. The molecule has 0 spiro atoms. The molecule has 2 heterocycles. The number of fused-ring (bicyclic) bond motifs is 1. The summed E-state index contributed by atoms with van der Waals surface area (Å²) in [6.45, 7) is -0.216. The van der Waals surface area contributed by atoms with Crippen molar-refractivity contribution in [1.29, 1.82) is 0 Å². The normalized spacial score (nSPS) is 18.9. The smallest absolute Gasteiger partial charge is 0.332 e. The number of hydrogen-bond donors (Lipinski definition) is 2. The first-order valence-corrected chi connectivity index (χ1v) is 13.0. The molecule has 3 aromatic rings. The van der Waals surface area contributed by atoms with Gasteiger partial charge in [0, 0.05) is 26.6 Å². The summed E-state index contributed by atoms with van der Waals surface area (Å²) < 4.78 is 41.5. The highest BCUT2D eigenvalue weighted by Gasteiger charge is 2.51. The first-order chi connectivity index (χ1) is 19.6. The third-order valence-corrected chi connectivity index (χ3v) is 7.31. The maximum atomic E-state index is 14.0. The van der Waals surface area contributed by atoms with E-state index in [-0.39, 0.29) is 49.8 Å². The number of benzene rings is 3. The van der Waals surface area contributed by atoms with Crippen molar-refractivity contribution < 1.29 is 32.7 Å². The number of nitrogens with one attached hydrogen (secondary N) is 1. The van der Waals surface area contributed by atoms with Gasteiger partial charge in [-0.15, -0.1) is 0 Å². The van der Waals surface area contributed by atoms with Gasteiger partial charge in [-0.05, 0) is 41.0 Å². The van der Waals surface area contributed by atoms with Crippen molar-refractivity contribution in [3.8, 4) is 5.75 Å². The highest BCUT2D eigenvalue weighted by molar-refractivity contribution is 5.91. The molecule has 5 rings (SSSR count). The third-order valence-electron chi connectivity index (χ3n) is 7.31. The van der Waals surface area contributed by atoms with E-state index in [0.717, 1.165) is 17.7 Å². The molecule has 2 atom stereocenters. The number of amides is 4. The number of carbonyl (C=O) groups excluding carboxylic acids is 3. The molecule has 0 saturated carbocycles. The summed E-state index contributed by atoms with van der Waals surface area (Å²) in [6.07, 6.45) is -0.660. The molecule has 2 fully saturated rings. The number of hydrogen-bond acceptors (Lipinski definition) is 5. The summed E-state index contributed by atoms with van der Waals surface area (Å²) >= 11 is 0. The SMILES string of the molecule is CN(C(=O)NCc1ccccc1)N1CC(=O)N2[C@@H](Cc3ccc(O)cc3)C(=O)N(Cc3cc(F)c(F)c(F)c3)C[C@@H]21. The predicted octanol–water partition coefficient (Wildman–Crippen LogP) is 2.99. The number of halogens is 3. The molecule has 0 unspecified atom stereocenters. The van der Waals surface area contributed by atoms with Crippen molar-refractivity contribution in [3.05, 3.63) is 101 Å². The molecule has 214 valence electrons. The number of phenols is 1. The van der Waals surface area contributed by atoms with E-state index in [2.05, 4.69) is 5.32 Å². The van der Waals surface area contributed by atoms with Crippen molar-refractivity contribution in [1.82, 2.24) is 25.1 Å². The van der Waals surface area contributed by atoms with Gasteiger partial charge in [0.1, 0.15) is 18.0 Å². The molecule has 2 aliphatic heterocycles. The van der Waals surface area contributed by atoms with E-state index >= 15 is 0 Å². The summed E-state index contributed by atoms with van der Waals surface area (Å²) in [7, 11) is 1.51. The summed E-state index contributed by atoms with van der Waals surface area (Å²) in [5.74, 6) is -5.15. The lowest BCUT2D eigenvalue weighted by Crippen LogP contribution is -2.65. The number of carbonyl (C=O) groups is 3. The van der Waals surface area contributed by atoms with E-state index in [0.29, 0.717) is 5.56 Å². The second-order valence-electron chi connectivity index (χ2n) is 10.0. The van der Waals surface area contributed by atoms with Crippen molar-refractivity contribution in [3.63, 3.8) is 0 Å². The molecule has 41 heavy (non-hydrogen) atoms. The van der Waals surface area contributed by atoms with Crippen LogP contribution >= 0.6 is 0 Å². The van der Waals surface area contributed by atoms with Crippen LogP contribution in [0.2, 0.25) is 0 Å². The largest absolute Gasteiger partial charge is 0.508 e. The fourth-order valence-electron chi connectivity index (χ4n) is 5.23. The van der Waals surface area contributed by atoms with Gasteiger partial charge in [-0.25, -0.2) is 18.0 Å². The van der Waals surface area contributed by atoms with Crippen LogP contribution in [-0.2, 0) is 29.1 Å². The van der Waals surface area contributed by atoms with Gasteiger partial charge in [-0.3, -0.25) is 14.6 Å². The maximum absolute atomic E-state index is 14.0. The minimum atomic E-state index is -1.61. The average Bonchev–Trinajstić information content (AvgIpc) is 3.29. The van der Waals surface area contributed by atoms with Gasteiger partial charge < -0.3 is 20.2 Å². The Morgan fingerprint density at radius 2 is 1.63 bits per heavy atom. The number of piperazine rings is 1. The Morgan fingerprint density at radius 1 is 0.976 bits per heavy atom. The number of phenolic OH excluding ortho intramolecular Hbond substituents is 1. The first kappa shape index (κ1) is 28.0. The number of rotatable bonds is 7. The second-order valence-corrected chi connectivity index (χ2v) is 10.0. The van der Waals surface area contributed by atoms with Crippen LogP contribution in [0.5, 0.6) is 5.75 Å². The Kier molecular flexibility index (Phi) is 7.84. The van der Waals surface area contributed by atoms with Crippen LogP contribution in [0.1, 0.15) is 16.7 Å². The van der Waals surface area contributed by atoms with Crippen molar-refractivity contribution in [2.24, 2.45) is 0 Å². The zero-order valence-electron chi connectivity index (χ0n) is 22.1. The molecule has 0 radical (unpaired) electrons. The van der Waals surface area contributed by atoms with E-state index in [4.69, 9.17) is 0 Å². The minimum Gasteiger partial charge on any atom is -0.508 e. The Hall–Kier alpha value is -4.58. The van der Waals surface area contributed by atoms with Crippen LogP contribution in [-0.4, -0.2) is 75.1 Å². The molecular formula is C29H28F3N5O4. The topological polar surface area (TPSA) is 96.4 Å². The molecular weight excluding hydrogens is 539 g/mol. The van der Waals surface area contributed by atoms with Crippen LogP contribution < -0.4 is 5.32 Å². The number of hydrazine groups is 1. The van der Waals surface area contributed by atoms with Crippen LogP contribution in [0, 0.1) is 17.5 Å². The zero-order chi connectivity index (χ0) is 29.3. The summed E-state index contributed by atoms with van der Waals surface area (Å²) in [5.41, 5.74) is 1.59. The van der Waals surface area contributed by atoms with E-state index in [1.807, 2.05) is 30.3 Å². The molecule has 2 saturated heterocycles. The molecule has 12 heteroatoms. The summed E-state index contributed by atoms with van der Waals surface area (Å²) in [6, 6.07) is 15.7. The molecule has 4 amide bonds. The number of aromatic hydroxyl groups is 1. The summed E-state index contributed by atoms with van der Waals surface area (Å²) in [4.78, 5) is 42.8. The summed E-state index contributed by atoms with van der Waals surface area (Å²) in [5, 5.41) is 15.3. The molecule has 9 nitrogen and oxygen atoms in total. The number of nitrogens with zero attached hydrogens (tertiary/aromatic N) is 4. The van der Waals surface area contributed by atoms with Crippen LogP contribution in [0.3, 0.4) is 0 Å². The fraction of sp³-hybridized carbons (Fsp3) is 0.276. The van der Waals surface area contributed by atoms with Gasteiger partial charge in [-0.2, -0.15) is 5.01 Å². The lowest BCUT2D eigenvalue weighted by atomic mass is 10.00. The standard InChI is InChI=1S/C29H28F3N5O4/c1-34(29(41)33-14-19-5-3-2-4-6-19)36-17-26(39)37-24(13-18-7-9-21(38)10-8-18)28(40)35(16-25(36)37)15-20-11-22(30)27(32)23(31)12-20/h2-12,24-25,38H,13-17H2,1H3,(H,33,41)/t24-,25+/m0/s1. The third kappa shape index (κ3) is 5.82. The fourth-order valence-corrected chi connectivity index (χ4v) is 5.23. The Balaban J connectivity index is 1.41. The molecule has 3 aromatic carbocycles. The monoisotopic (exact) mass is 567 g/mol. The Labute approximate surface area is 234 Å². The van der Waals surface area contributed by atoms with E-state index in [1.165, 1.54) is 39.0 Å². The van der Waals surface area contributed by atoms with Crippen LogP contribution in [0.15, 0.2) is 66.7 Å². The minimum absolute atomic E-state index is 0.0372. The van der Waals surface area contributed by atoms with Gasteiger partial charge in [0.15, 0.2) is 17.5 Å². The van der Waals surface area contributed by atoms with Crippen LogP contribution in [0.4, 0.5) is 18.0 Å². The Bertz CT molecular complexity index is 1430. The highest BCUT2D eigenvalue weighted by Crippen LogP contribution is 2.30. The van der Waals surface area contributed by atoms with Crippen molar-refractivity contribution in [2.75, 3.05) is 20.1 Å². The molecule has 0 bridgehead atoms. The van der Waals surface area contributed by atoms with E-state index in [9.17, 15) is 32.7 Å². The molecule has 2 N–H and O–H groups in total. The average molecular weight is 568 g/mol. The number of urea groups is 1. The van der Waals surface area contributed by atoms with Crippen molar-refractivity contribution >= 4 is 17.8 Å². The van der Waals surface area contributed by atoms with Crippen LogP contribution in [0.25, 0.3) is 0 Å². The molecule has 0 aliphatic carbocycles. The second kappa shape index (κ2) is 11.5.